The van der Waals surface area contributed by atoms with E-state index < -0.39 is 0 Å². The monoisotopic (exact) mass is 418 g/mol. The Kier molecular flexibility index (Phi) is 6.52. The molecule has 0 amide bonds. The fourth-order valence-electron chi connectivity index (χ4n) is 3.03. The normalized spacial score (nSPS) is 11.0. The molecule has 3 rings (SSSR count). The summed E-state index contributed by atoms with van der Waals surface area (Å²) < 4.78 is 12.5. The van der Waals surface area contributed by atoms with Crippen molar-refractivity contribution in [3.63, 3.8) is 0 Å². The van der Waals surface area contributed by atoms with E-state index in [1.807, 2.05) is 26.0 Å². The number of halogens is 1. The van der Waals surface area contributed by atoms with Crippen molar-refractivity contribution in [3.8, 4) is 11.5 Å². The maximum atomic E-state index is 12.9. The number of fused-ring (bicyclic) bond motifs is 1. The largest absolute Gasteiger partial charge is 0.493 e. The highest BCUT2D eigenvalue weighted by Gasteiger charge is 2.14. The van der Waals surface area contributed by atoms with Gasteiger partial charge in [0.2, 0.25) is 0 Å². The number of rotatable bonds is 7. The first kappa shape index (κ1) is 20.6. The standard InChI is InChI=1S/C21H23ClN2O3S/c1-5-8-24-20(25)16-7-6-15(22)11-17(16)23-21(24)28-12-14-10-19(27-4)18(26-3)9-13(14)2/h6-7,9-11H,5,8,12H2,1-4H3. The number of methoxy groups -OCH3 is 2. The molecule has 0 unspecified atom stereocenters. The summed E-state index contributed by atoms with van der Waals surface area (Å²) in [6.07, 6.45) is 0.851. The molecule has 148 valence electrons. The number of ether oxygens (including phenoxy) is 2. The van der Waals surface area contributed by atoms with Crippen LogP contribution in [0, 0.1) is 6.92 Å². The Morgan fingerprint density at radius 1 is 1.14 bits per heavy atom. The second-order valence-electron chi connectivity index (χ2n) is 6.43. The van der Waals surface area contributed by atoms with Crippen LogP contribution in [0.2, 0.25) is 5.02 Å². The number of hydrogen-bond donors (Lipinski definition) is 0. The van der Waals surface area contributed by atoms with Crippen LogP contribution in [0.1, 0.15) is 24.5 Å². The van der Waals surface area contributed by atoms with Crippen molar-refractivity contribution >= 4 is 34.3 Å². The first-order valence-electron chi connectivity index (χ1n) is 9.02. The molecular formula is C21H23ClN2O3S. The minimum absolute atomic E-state index is 0.0324. The Labute approximate surface area is 173 Å². The van der Waals surface area contributed by atoms with Gasteiger partial charge in [0.1, 0.15) is 0 Å². The van der Waals surface area contributed by atoms with E-state index in [1.165, 1.54) is 11.8 Å². The lowest BCUT2D eigenvalue weighted by Gasteiger charge is -2.15. The zero-order valence-corrected chi connectivity index (χ0v) is 18.0. The third-order valence-corrected chi connectivity index (χ3v) is 5.79. The molecule has 0 saturated heterocycles. The van der Waals surface area contributed by atoms with Crippen LogP contribution in [-0.4, -0.2) is 23.8 Å². The van der Waals surface area contributed by atoms with Crippen LogP contribution in [0.4, 0.5) is 0 Å². The second kappa shape index (κ2) is 8.88. The summed E-state index contributed by atoms with van der Waals surface area (Å²) in [7, 11) is 3.25. The van der Waals surface area contributed by atoms with Crippen LogP contribution in [-0.2, 0) is 12.3 Å². The number of thioether (sulfide) groups is 1. The molecule has 0 aliphatic rings. The zero-order valence-electron chi connectivity index (χ0n) is 16.4. The summed E-state index contributed by atoms with van der Waals surface area (Å²) in [5, 5.41) is 1.85. The smallest absolute Gasteiger partial charge is 0.262 e. The highest BCUT2D eigenvalue weighted by Crippen LogP contribution is 2.33. The zero-order chi connectivity index (χ0) is 20.3. The molecule has 0 radical (unpaired) electrons. The molecule has 3 aromatic rings. The van der Waals surface area contributed by atoms with E-state index in [1.54, 1.807) is 37.0 Å². The first-order chi connectivity index (χ1) is 13.5. The topological polar surface area (TPSA) is 53.4 Å². The Hall–Kier alpha value is -2.18. The number of aryl methyl sites for hydroxylation is 1. The lowest BCUT2D eigenvalue weighted by atomic mass is 10.1. The molecule has 0 aliphatic heterocycles. The molecular weight excluding hydrogens is 396 g/mol. The molecule has 0 bridgehead atoms. The summed E-state index contributed by atoms with van der Waals surface area (Å²) in [6, 6.07) is 9.14. The molecule has 2 aromatic carbocycles. The van der Waals surface area contributed by atoms with Gasteiger partial charge in [0.15, 0.2) is 16.7 Å². The van der Waals surface area contributed by atoms with Gasteiger partial charge in [0, 0.05) is 17.3 Å². The summed E-state index contributed by atoms with van der Waals surface area (Å²) in [4.78, 5) is 17.7. The minimum atomic E-state index is -0.0324. The quantitative estimate of drug-likeness (QED) is 0.395. The van der Waals surface area contributed by atoms with E-state index in [0.29, 0.717) is 44.9 Å². The van der Waals surface area contributed by atoms with Gasteiger partial charge in [0.25, 0.3) is 5.56 Å². The predicted molar refractivity (Wildman–Crippen MR) is 115 cm³/mol. The molecule has 0 N–H and O–H groups in total. The molecule has 1 heterocycles. The van der Waals surface area contributed by atoms with E-state index in [2.05, 4.69) is 0 Å². The van der Waals surface area contributed by atoms with Crippen molar-refractivity contribution in [2.45, 2.75) is 37.7 Å². The Morgan fingerprint density at radius 2 is 1.86 bits per heavy atom. The van der Waals surface area contributed by atoms with Crippen LogP contribution >= 0.6 is 23.4 Å². The molecule has 0 aliphatic carbocycles. The number of benzene rings is 2. The van der Waals surface area contributed by atoms with Gasteiger partial charge in [-0.15, -0.1) is 0 Å². The van der Waals surface area contributed by atoms with Crippen molar-refractivity contribution in [2.75, 3.05) is 14.2 Å². The Balaban J connectivity index is 2.00. The van der Waals surface area contributed by atoms with Crippen LogP contribution in [0.5, 0.6) is 11.5 Å². The number of nitrogens with zero attached hydrogens (tertiary/aromatic N) is 2. The summed E-state index contributed by atoms with van der Waals surface area (Å²) in [6.45, 7) is 4.70. The van der Waals surface area contributed by atoms with Crippen LogP contribution in [0.25, 0.3) is 10.9 Å². The van der Waals surface area contributed by atoms with Gasteiger partial charge in [-0.1, -0.05) is 30.3 Å². The third kappa shape index (κ3) is 4.13. The molecule has 0 atom stereocenters. The SMILES string of the molecule is CCCn1c(SCc2cc(OC)c(OC)cc2C)nc2cc(Cl)ccc2c1=O. The summed E-state index contributed by atoms with van der Waals surface area (Å²) >= 11 is 7.63. The van der Waals surface area contributed by atoms with Crippen LogP contribution in [0.15, 0.2) is 40.3 Å². The van der Waals surface area contributed by atoms with Crippen LogP contribution < -0.4 is 15.0 Å². The minimum Gasteiger partial charge on any atom is -0.493 e. The van der Waals surface area contributed by atoms with Crippen LogP contribution in [0.3, 0.4) is 0 Å². The van der Waals surface area contributed by atoms with Gasteiger partial charge in [-0.3, -0.25) is 9.36 Å². The average Bonchev–Trinajstić information content (AvgIpc) is 2.69. The van der Waals surface area contributed by atoms with E-state index >= 15 is 0 Å². The van der Waals surface area contributed by atoms with Gasteiger partial charge in [-0.2, -0.15) is 0 Å². The van der Waals surface area contributed by atoms with Gasteiger partial charge in [0.05, 0.1) is 25.1 Å². The fourth-order valence-corrected chi connectivity index (χ4v) is 4.28. The Bertz CT molecular complexity index is 1070. The molecule has 1 aromatic heterocycles. The van der Waals surface area contributed by atoms with Gasteiger partial charge in [-0.25, -0.2) is 4.98 Å². The lowest BCUT2D eigenvalue weighted by molar-refractivity contribution is 0.354. The van der Waals surface area contributed by atoms with Crippen molar-refractivity contribution < 1.29 is 9.47 Å². The maximum Gasteiger partial charge on any atom is 0.262 e. The summed E-state index contributed by atoms with van der Waals surface area (Å²) in [5.74, 6) is 2.05. The molecule has 7 heteroatoms. The lowest BCUT2D eigenvalue weighted by Crippen LogP contribution is -2.23. The van der Waals surface area contributed by atoms with Gasteiger partial charge < -0.3 is 9.47 Å². The van der Waals surface area contributed by atoms with E-state index in [4.69, 9.17) is 26.1 Å². The van der Waals surface area contributed by atoms with E-state index in [0.717, 1.165) is 17.5 Å². The third-order valence-electron chi connectivity index (χ3n) is 4.53. The maximum absolute atomic E-state index is 12.9. The van der Waals surface area contributed by atoms with Gasteiger partial charge in [-0.05, 0) is 54.8 Å². The van der Waals surface area contributed by atoms with Crippen molar-refractivity contribution in [1.29, 1.82) is 0 Å². The molecule has 5 nitrogen and oxygen atoms in total. The van der Waals surface area contributed by atoms with Crippen molar-refractivity contribution in [3.05, 3.63) is 56.8 Å². The molecule has 0 saturated carbocycles. The highest BCUT2D eigenvalue weighted by atomic mass is 35.5. The van der Waals surface area contributed by atoms with E-state index in [-0.39, 0.29) is 5.56 Å². The number of hydrogen-bond acceptors (Lipinski definition) is 5. The first-order valence-corrected chi connectivity index (χ1v) is 10.4. The van der Waals surface area contributed by atoms with Crippen molar-refractivity contribution in [2.24, 2.45) is 0 Å². The average molecular weight is 419 g/mol. The fraction of sp³-hybridized carbons (Fsp3) is 0.333. The molecule has 28 heavy (non-hydrogen) atoms. The molecule has 0 fully saturated rings. The second-order valence-corrected chi connectivity index (χ2v) is 7.81. The van der Waals surface area contributed by atoms with Crippen molar-refractivity contribution in [1.82, 2.24) is 9.55 Å². The van der Waals surface area contributed by atoms with Gasteiger partial charge >= 0.3 is 0 Å². The highest BCUT2D eigenvalue weighted by molar-refractivity contribution is 7.98. The predicted octanol–water partition coefficient (Wildman–Crippen LogP) is 5.08. The Morgan fingerprint density at radius 3 is 2.54 bits per heavy atom. The number of aromatic nitrogens is 2. The molecule has 0 spiro atoms. The summed E-state index contributed by atoms with van der Waals surface area (Å²) in [5.41, 5.74) is 2.79. The van der Waals surface area contributed by atoms with E-state index in [9.17, 15) is 4.79 Å².